The average molecular weight is 621 g/mol. The molecule has 0 aliphatic carbocycles. The van der Waals surface area contributed by atoms with Crippen LogP contribution in [0.5, 0.6) is 0 Å². The molecule has 4 aromatic rings. The van der Waals surface area contributed by atoms with E-state index in [1.807, 2.05) is 30.3 Å². The zero-order valence-corrected chi connectivity index (χ0v) is 24.7. The van der Waals surface area contributed by atoms with E-state index < -0.39 is 39.3 Å². The number of nitro groups is 1. The van der Waals surface area contributed by atoms with E-state index in [0.717, 1.165) is 15.9 Å². The van der Waals surface area contributed by atoms with Crippen LogP contribution in [0.25, 0.3) is 0 Å². The third kappa shape index (κ3) is 7.76. The number of carbonyl (C=O) groups excluding carboxylic acids is 2. The van der Waals surface area contributed by atoms with Gasteiger partial charge < -0.3 is 10.2 Å². The smallest absolute Gasteiger partial charge is 0.271 e. The first-order valence-electron chi connectivity index (χ1n) is 13.2. The standard InChI is InChI=1S/C31H29ClN4O6S/c1-33-31(38)29(19-23-9-4-2-5-10-23)34(21-24-15-17-25(32)18-16-24)30(37)22-35(26-11-8-12-27(20-26)36(39)40)43(41,42)28-13-6-3-7-14-28/h2-18,20,29H,19,21-22H2,1H3,(H,33,38)/t29-/m0/s1. The van der Waals surface area contributed by atoms with E-state index in [0.29, 0.717) is 10.6 Å². The highest BCUT2D eigenvalue weighted by atomic mass is 35.5. The second kappa shape index (κ2) is 14.0. The molecule has 2 amide bonds. The molecule has 0 radical (unpaired) electrons. The summed E-state index contributed by atoms with van der Waals surface area (Å²) >= 11 is 6.07. The number of nitrogens with one attached hydrogen (secondary N) is 1. The van der Waals surface area contributed by atoms with Crippen molar-refractivity contribution < 1.29 is 22.9 Å². The molecule has 1 atom stereocenters. The fourth-order valence-corrected chi connectivity index (χ4v) is 6.07. The first-order chi connectivity index (χ1) is 20.6. The summed E-state index contributed by atoms with van der Waals surface area (Å²) in [6.07, 6.45) is 0.155. The number of benzene rings is 4. The van der Waals surface area contributed by atoms with Gasteiger partial charge in [-0.05, 0) is 41.5 Å². The van der Waals surface area contributed by atoms with Crippen molar-refractivity contribution in [3.8, 4) is 0 Å². The van der Waals surface area contributed by atoms with Crippen molar-refractivity contribution in [1.82, 2.24) is 10.2 Å². The molecule has 0 aromatic heterocycles. The summed E-state index contributed by atoms with van der Waals surface area (Å²) in [7, 11) is -2.91. The van der Waals surface area contributed by atoms with Crippen molar-refractivity contribution in [2.24, 2.45) is 0 Å². The van der Waals surface area contributed by atoms with Gasteiger partial charge in [-0.25, -0.2) is 8.42 Å². The molecule has 0 saturated heterocycles. The van der Waals surface area contributed by atoms with E-state index in [1.165, 1.54) is 54.4 Å². The Labute approximate surface area is 254 Å². The molecule has 0 aliphatic rings. The minimum atomic E-state index is -4.37. The molecule has 0 heterocycles. The summed E-state index contributed by atoms with van der Waals surface area (Å²) in [6.45, 7) is -0.761. The fourth-order valence-electron chi connectivity index (χ4n) is 4.52. The number of hydrogen-bond donors (Lipinski definition) is 1. The number of amides is 2. The highest BCUT2D eigenvalue weighted by molar-refractivity contribution is 7.92. The minimum absolute atomic E-state index is 0.0327. The number of non-ortho nitro benzene ring substituents is 1. The number of anilines is 1. The molecule has 43 heavy (non-hydrogen) atoms. The van der Waals surface area contributed by atoms with Gasteiger partial charge in [0.2, 0.25) is 11.8 Å². The highest BCUT2D eigenvalue weighted by Crippen LogP contribution is 2.28. The summed E-state index contributed by atoms with van der Waals surface area (Å²) in [5, 5.41) is 14.6. The molecule has 0 saturated carbocycles. The van der Waals surface area contributed by atoms with Crippen LogP contribution in [-0.4, -0.2) is 49.7 Å². The van der Waals surface area contributed by atoms with Crippen LogP contribution >= 0.6 is 11.6 Å². The second-order valence-corrected chi connectivity index (χ2v) is 11.9. The molecule has 12 heteroatoms. The number of nitrogens with zero attached hydrogens (tertiary/aromatic N) is 3. The third-order valence-electron chi connectivity index (χ3n) is 6.72. The van der Waals surface area contributed by atoms with E-state index >= 15 is 0 Å². The van der Waals surface area contributed by atoms with Crippen molar-refractivity contribution in [2.75, 3.05) is 17.9 Å². The number of nitro benzene ring substituents is 1. The third-order valence-corrected chi connectivity index (χ3v) is 8.76. The Morgan fingerprint density at radius 2 is 1.51 bits per heavy atom. The molecule has 4 rings (SSSR count). The van der Waals surface area contributed by atoms with E-state index in [9.17, 15) is 28.1 Å². The minimum Gasteiger partial charge on any atom is -0.357 e. The number of likely N-dealkylation sites (N-methyl/N-ethyl adjacent to an activating group) is 1. The van der Waals surface area contributed by atoms with Crippen LogP contribution in [-0.2, 0) is 32.6 Å². The van der Waals surface area contributed by atoms with Crippen LogP contribution in [0.1, 0.15) is 11.1 Å². The van der Waals surface area contributed by atoms with E-state index in [-0.39, 0.29) is 29.2 Å². The first kappa shape index (κ1) is 31.2. The van der Waals surface area contributed by atoms with Crippen LogP contribution in [0, 0.1) is 10.1 Å². The van der Waals surface area contributed by atoms with E-state index in [2.05, 4.69) is 5.32 Å². The fraction of sp³-hybridized carbons (Fsp3) is 0.161. The SMILES string of the molecule is CNC(=O)[C@H](Cc1ccccc1)N(Cc1ccc(Cl)cc1)C(=O)CN(c1cccc([N+](=O)[O-])c1)S(=O)(=O)c1ccccc1. The van der Waals surface area contributed by atoms with Gasteiger partial charge >= 0.3 is 0 Å². The molecule has 0 aliphatic heterocycles. The lowest BCUT2D eigenvalue weighted by molar-refractivity contribution is -0.384. The molecule has 0 bridgehead atoms. The Morgan fingerprint density at radius 3 is 2.12 bits per heavy atom. The maximum Gasteiger partial charge on any atom is 0.271 e. The maximum absolute atomic E-state index is 14.2. The van der Waals surface area contributed by atoms with Crippen LogP contribution in [0.15, 0.2) is 114 Å². The molecule has 0 spiro atoms. The van der Waals surface area contributed by atoms with Crippen molar-refractivity contribution in [3.05, 3.63) is 135 Å². The largest absolute Gasteiger partial charge is 0.357 e. The Kier molecular flexibility index (Phi) is 10.1. The zero-order chi connectivity index (χ0) is 31.0. The highest BCUT2D eigenvalue weighted by Gasteiger charge is 2.34. The molecular weight excluding hydrogens is 592 g/mol. The predicted octanol–water partition coefficient (Wildman–Crippen LogP) is 4.83. The summed E-state index contributed by atoms with van der Waals surface area (Å²) < 4.78 is 28.6. The Balaban J connectivity index is 1.80. The molecule has 222 valence electrons. The van der Waals surface area contributed by atoms with Gasteiger partial charge in [-0.3, -0.25) is 24.0 Å². The van der Waals surface area contributed by atoms with Gasteiger partial charge in [0.1, 0.15) is 12.6 Å². The Morgan fingerprint density at radius 1 is 0.884 bits per heavy atom. The predicted molar refractivity (Wildman–Crippen MR) is 164 cm³/mol. The maximum atomic E-state index is 14.2. The van der Waals surface area contributed by atoms with Crippen LogP contribution < -0.4 is 9.62 Å². The van der Waals surface area contributed by atoms with Crippen molar-refractivity contribution in [2.45, 2.75) is 23.9 Å². The molecule has 1 N–H and O–H groups in total. The monoisotopic (exact) mass is 620 g/mol. The normalized spacial score (nSPS) is 11.8. The summed E-state index contributed by atoms with van der Waals surface area (Å²) in [5.74, 6) is -1.13. The second-order valence-electron chi connectivity index (χ2n) is 9.57. The average Bonchev–Trinajstić information content (AvgIpc) is 3.02. The first-order valence-corrected chi connectivity index (χ1v) is 15.0. The number of halogens is 1. The Bertz CT molecular complexity index is 1690. The molecule has 4 aromatic carbocycles. The van der Waals surface area contributed by atoms with E-state index in [1.54, 1.807) is 30.3 Å². The number of hydrogen-bond acceptors (Lipinski definition) is 6. The lowest BCUT2D eigenvalue weighted by Crippen LogP contribution is -2.53. The summed E-state index contributed by atoms with van der Waals surface area (Å²) in [6, 6.07) is 27.4. The van der Waals surface area contributed by atoms with Crippen molar-refractivity contribution in [3.63, 3.8) is 0 Å². The molecule has 0 unspecified atom stereocenters. The Hall–Kier alpha value is -4.74. The van der Waals surface area contributed by atoms with Gasteiger partial charge in [-0.1, -0.05) is 78.3 Å². The lowest BCUT2D eigenvalue weighted by Gasteiger charge is -2.33. The van der Waals surface area contributed by atoms with Crippen LogP contribution in [0.2, 0.25) is 5.02 Å². The molecular formula is C31H29ClN4O6S. The summed E-state index contributed by atoms with van der Waals surface area (Å²) in [5.41, 5.74) is 1.03. The van der Waals surface area contributed by atoms with Gasteiger partial charge in [0.05, 0.1) is 15.5 Å². The van der Waals surface area contributed by atoms with Crippen LogP contribution in [0.4, 0.5) is 11.4 Å². The number of carbonyl (C=O) groups is 2. The molecule has 10 nitrogen and oxygen atoms in total. The zero-order valence-electron chi connectivity index (χ0n) is 23.2. The van der Waals surface area contributed by atoms with Gasteiger partial charge in [-0.2, -0.15) is 0 Å². The van der Waals surface area contributed by atoms with Gasteiger partial charge in [0.25, 0.3) is 15.7 Å². The van der Waals surface area contributed by atoms with Gasteiger partial charge in [-0.15, -0.1) is 0 Å². The van der Waals surface area contributed by atoms with Crippen molar-refractivity contribution in [1.29, 1.82) is 0 Å². The summed E-state index contributed by atoms with van der Waals surface area (Å²) in [4.78, 5) is 39.6. The van der Waals surface area contributed by atoms with Gasteiger partial charge in [0, 0.05) is 37.2 Å². The number of sulfonamides is 1. The number of rotatable bonds is 12. The van der Waals surface area contributed by atoms with Crippen LogP contribution in [0.3, 0.4) is 0 Å². The lowest BCUT2D eigenvalue weighted by atomic mass is 10.0. The van der Waals surface area contributed by atoms with E-state index in [4.69, 9.17) is 11.6 Å². The van der Waals surface area contributed by atoms with Crippen molar-refractivity contribution >= 4 is 44.8 Å². The van der Waals surface area contributed by atoms with Gasteiger partial charge in [0.15, 0.2) is 0 Å². The quantitative estimate of drug-likeness (QED) is 0.178. The topological polar surface area (TPSA) is 130 Å². The molecule has 0 fully saturated rings.